The minimum Gasteiger partial charge on any atom is -0.340 e. The lowest BCUT2D eigenvalue weighted by molar-refractivity contribution is 0.391. The Labute approximate surface area is 94.4 Å². The Hall–Kier alpha value is -0.840. The number of aromatic nitrogens is 4. The number of tetrazole rings is 1. The molecule has 0 unspecified atom stereocenters. The molecule has 5 nitrogen and oxygen atoms in total. The molecule has 0 aliphatic carbocycles. The van der Waals surface area contributed by atoms with Gasteiger partial charge in [0.2, 0.25) is 5.95 Å². The average Bonchev–Trinajstić information content (AvgIpc) is 2.66. The summed E-state index contributed by atoms with van der Waals surface area (Å²) < 4.78 is 1.72. The number of halogens is 1. The molecule has 1 aliphatic heterocycles. The number of hydrogen-bond donors (Lipinski definition) is 0. The van der Waals surface area contributed by atoms with Crippen LogP contribution in [-0.4, -0.2) is 39.2 Å². The van der Waals surface area contributed by atoms with Crippen LogP contribution in [0.15, 0.2) is 0 Å². The molecular formula is C9H16ClN5. The normalized spacial score (nSPS) is 18.4. The maximum absolute atomic E-state index is 5.75. The van der Waals surface area contributed by atoms with Crippen molar-refractivity contribution in [1.29, 1.82) is 0 Å². The highest BCUT2D eigenvalue weighted by molar-refractivity contribution is 6.17. The van der Waals surface area contributed by atoms with Crippen molar-refractivity contribution < 1.29 is 0 Å². The second kappa shape index (κ2) is 4.79. The van der Waals surface area contributed by atoms with Crippen LogP contribution in [0.2, 0.25) is 0 Å². The van der Waals surface area contributed by atoms with E-state index < -0.39 is 0 Å². The number of piperidine rings is 1. The zero-order chi connectivity index (χ0) is 10.7. The van der Waals surface area contributed by atoms with E-state index in [1.54, 1.807) is 4.68 Å². The van der Waals surface area contributed by atoms with Gasteiger partial charge in [-0.05, 0) is 35.6 Å². The Morgan fingerprint density at radius 1 is 1.40 bits per heavy atom. The Bertz CT molecular complexity index is 305. The van der Waals surface area contributed by atoms with Crippen LogP contribution in [0.1, 0.15) is 19.3 Å². The summed E-state index contributed by atoms with van der Waals surface area (Å²) in [6.07, 6.45) is 3.52. The lowest BCUT2D eigenvalue weighted by atomic mass is 9.94. The molecule has 0 saturated carbocycles. The molecule has 2 heterocycles. The van der Waals surface area contributed by atoms with Gasteiger partial charge in [0.05, 0.1) is 0 Å². The predicted molar refractivity (Wildman–Crippen MR) is 59.1 cm³/mol. The van der Waals surface area contributed by atoms with Crippen LogP contribution >= 0.6 is 11.6 Å². The van der Waals surface area contributed by atoms with Crippen molar-refractivity contribution in [2.75, 3.05) is 23.9 Å². The topological polar surface area (TPSA) is 46.8 Å². The molecule has 0 atom stereocenters. The predicted octanol–water partition coefficient (Wildman–Crippen LogP) is 1.06. The minimum atomic E-state index is 0.774. The summed E-state index contributed by atoms with van der Waals surface area (Å²) in [5, 5.41) is 11.5. The highest BCUT2D eigenvalue weighted by atomic mass is 35.5. The van der Waals surface area contributed by atoms with Crippen molar-refractivity contribution in [2.24, 2.45) is 13.0 Å². The maximum atomic E-state index is 5.75. The van der Waals surface area contributed by atoms with Crippen molar-refractivity contribution in [3.8, 4) is 0 Å². The van der Waals surface area contributed by atoms with Crippen LogP contribution in [0, 0.1) is 5.92 Å². The van der Waals surface area contributed by atoms with Gasteiger partial charge in [-0.2, -0.15) is 0 Å². The van der Waals surface area contributed by atoms with Crippen molar-refractivity contribution in [2.45, 2.75) is 19.3 Å². The van der Waals surface area contributed by atoms with Crippen molar-refractivity contribution in [3.05, 3.63) is 0 Å². The van der Waals surface area contributed by atoms with E-state index in [-0.39, 0.29) is 0 Å². The summed E-state index contributed by atoms with van der Waals surface area (Å²) in [7, 11) is 1.88. The molecule has 0 aromatic carbocycles. The molecule has 0 amide bonds. The lowest BCUT2D eigenvalue weighted by Crippen LogP contribution is -2.35. The lowest BCUT2D eigenvalue weighted by Gasteiger charge is -2.31. The summed E-state index contributed by atoms with van der Waals surface area (Å²) >= 11 is 5.75. The third kappa shape index (κ3) is 2.40. The molecule has 6 heteroatoms. The molecule has 1 aliphatic rings. The Kier molecular flexibility index (Phi) is 3.41. The molecule has 1 aromatic heterocycles. The summed E-state index contributed by atoms with van der Waals surface area (Å²) in [5.74, 6) is 2.43. The number of aryl methyl sites for hydroxylation is 1. The Balaban J connectivity index is 1.91. The molecule has 0 spiro atoms. The Morgan fingerprint density at radius 3 is 2.67 bits per heavy atom. The fraction of sp³-hybridized carbons (Fsp3) is 0.889. The summed E-state index contributed by atoms with van der Waals surface area (Å²) in [5.41, 5.74) is 0. The first-order valence-electron chi connectivity index (χ1n) is 5.34. The van der Waals surface area contributed by atoms with Crippen LogP contribution in [0.25, 0.3) is 0 Å². The van der Waals surface area contributed by atoms with Crippen molar-refractivity contribution in [3.63, 3.8) is 0 Å². The molecule has 0 radical (unpaired) electrons. The first kappa shape index (κ1) is 10.7. The number of anilines is 1. The fourth-order valence-corrected chi connectivity index (χ4v) is 2.38. The number of alkyl halides is 1. The second-order valence-electron chi connectivity index (χ2n) is 4.01. The smallest absolute Gasteiger partial charge is 0.245 e. The third-order valence-electron chi connectivity index (χ3n) is 3.01. The maximum Gasteiger partial charge on any atom is 0.245 e. The minimum absolute atomic E-state index is 0.774. The third-order valence-corrected chi connectivity index (χ3v) is 3.23. The number of nitrogens with zero attached hydrogens (tertiary/aromatic N) is 5. The van der Waals surface area contributed by atoms with Gasteiger partial charge >= 0.3 is 0 Å². The van der Waals surface area contributed by atoms with Crippen molar-refractivity contribution in [1.82, 2.24) is 20.2 Å². The van der Waals surface area contributed by atoms with E-state index in [1.165, 1.54) is 12.8 Å². The molecule has 84 valence electrons. The number of rotatable bonds is 3. The van der Waals surface area contributed by atoms with E-state index in [1.807, 2.05) is 7.05 Å². The summed E-state index contributed by atoms with van der Waals surface area (Å²) in [6, 6.07) is 0. The van der Waals surface area contributed by atoms with Gasteiger partial charge in [-0.1, -0.05) is 5.10 Å². The number of hydrogen-bond acceptors (Lipinski definition) is 4. The van der Waals surface area contributed by atoms with E-state index >= 15 is 0 Å². The van der Waals surface area contributed by atoms with Crippen molar-refractivity contribution >= 4 is 17.5 Å². The molecule has 2 rings (SSSR count). The van der Waals surface area contributed by atoms with E-state index in [0.717, 1.165) is 37.3 Å². The van der Waals surface area contributed by atoms with E-state index in [0.29, 0.717) is 0 Å². The molecule has 1 saturated heterocycles. The van der Waals surface area contributed by atoms with Crippen LogP contribution in [0.3, 0.4) is 0 Å². The SMILES string of the molecule is Cn1nnnc1N1CCC(CCCl)CC1. The highest BCUT2D eigenvalue weighted by Crippen LogP contribution is 2.23. The first-order chi connectivity index (χ1) is 7.31. The Morgan fingerprint density at radius 2 is 2.13 bits per heavy atom. The van der Waals surface area contributed by atoms with Gasteiger partial charge in [-0.15, -0.1) is 11.6 Å². The molecule has 1 aromatic rings. The largest absolute Gasteiger partial charge is 0.340 e. The van der Waals surface area contributed by atoms with E-state index in [9.17, 15) is 0 Å². The van der Waals surface area contributed by atoms with E-state index in [2.05, 4.69) is 20.4 Å². The fourth-order valence-electron chi connectivity index (χ4n) is 2.07. The van der Waals surface area contributed by atoms with Crippen LogP contribution in [0.5, 0.6) is 0 Å². The second-order valence-corrected chi connectivity index (χ2v) is 4.39. The highest BCUT2D eigenvalue weighted by Gasteiger charge is 2.21. The monoisotopic (exact) mass is 229 g/mol. The zero-order valence-corrected chi connectivity index (χ0v) is 9.69. The quantitative estimate of drug-likeness (QED) is 0.728. The van der Waals surface area contributed by atoms with Gasteiger partial charge in [0.15, 0.2) is 0 Å². The van der Waals surface area contributed by atoms with Gasteiger partial charge in [-0.25, -0.2) is 4.68 Å². The summed E-state index contributed by atoms with van der Waals surface area (Å²) in [4.78, 5) is 2.24. The van der Waals surface area contributed by atoms with Crippen LogP contribution in [-0.2, 0) is 7.05 Å². The molecule has 15 heavy (non-hydrogen) atoms. The van der Waals surface area contributed by atoms with Gasteiger partial charge in [0, 0.05) is 26.0 Å². The van der Waals surface area contributed by atoms with Crippen LogP contribution < -0.4 is 4.90 Å². The van der Waals surface area contributed by atoms with E-state index in [4.69, 9.17) is 11.6 Å². The molecule has 0 bridgehead atoms. The standard InChI is InChI=1S/C9H16ClN5/c1-14-9(11-12-13-14)15-6-3-8(2-5-10)4-7-15/h8H,2-7H2,1H3. The van der Waals surface area contributed by atoms with Gasteiger partial charge in [0.25, 0.3) is 0 Å². The van der Waals surface area contributed by atoms with Gasteiger partial charge < -0.3 is 4.90 Å². The van der Waals surface area contributed by atoms with Gasteiger partial charge in [0.1, 0.15) is 0 Å². The zero-order valence-electron chi connectivity index (χ0n) is 8.93. The van der Waals surface area contributed by atoms with Gasteiger partial charge in [-0.3, -0.25) is 0 Å². The molecular weight excluding hydrogens is 214 g/mol. The van der Waals surface area contributed by atoms with Crippen LogP contribution in [0.4, 0.5) is 5.95 Å². The first-order valence-corrected chi connectivity index (χ1v) is 5.88. The molecule has 0 N–H and O–H groups in total. The average molecular weight is 230 g/mol. The summed E-state index contributed by atoms with van der Waals surface area (Å²) in [6.45, 7) is 2.07. The molecule has 1 fully saturated rings.